The average Bonchev–Trinajstić information content (AvgIpc) is 1.84. The van der Waals surface area contributed by atoms with Crippen LogP contribution in [0.15, 0.2) is 0 Å². The van der Waals surface area contributed by atoms with Crippen molar-refractivity contribution in [1.82, 2.24) is 0 Å². The summed E-state index contributed by atoms with van der Waals surface area (Å²) in [4.78, 5) is 0. The van der Waals surface area contributed by atoms with Crippen molar-refractivity contribution in [3.63, 3.8) is 0 Å². The van der Waals surface area contributed by atoms with E-state index in [0.29, 0.717) is 0 Å². The normalized spacial score (nSPS) is 18.0. The van der Waals surface area contributed by atoms with Crippen molar-refractivity contribution in [2.24, 2.45) is 5.92 Å². The summed E-state index contributed by atoms with van der Waals surface area (Å²) in [5.41, 5.74) is 0. The third-order valence-corrected chi connectivity index (χ3v) is 1.44. The lowest BCUT2D eigenvalue weighted by Gasteiger charge is -2.10. The molecular formula is C6H13FO. The van der Waals surface area contributed by atoms with Crippen LogP contribution in [0.1, 0.15) is 20.3 Å². The Morgan fingerprint density at radius 3 is 2.25 bits per heavy atom. The standard InChI is InChI=1S/C6H13FO/c1-3-5(2)6(7)4-8/h5-6,8H,3-4H2,1-2H3/t5-,6-/m0/s1. The number of halogens is 1. The fraction of sp³-hybridized carbons (Fsp3) is 1.00. The Labute approximate surface area is 49.5 Å². The van der Waals surface area contributed by atoms with Crippen LogP contribution in [-0.4, -0.2) is 17.9 Å². The van der Waals surface area contributed by atoms with Crippen molar-refractivity contribution in [3.8, 4) is 0 Å². The first-order valence-electron chi connectivity index (χ1n) is 2.97. The Kier molecular flexibility index (Phi) is 3.79. The molecule has 0 spiro atoms. The van der Waals surface area contributed by atoms with Crippen LogP contribution in [-0.2, 0) is 0 Å². The molecule has 1 N–H and O–H groups in total. The van der Waals surface area contributed by atoms with Crippen molar-refractivity contribution in [2.45, 2.75) is 26.4 Å². The highest BCUT2D eigenvalue weighted by Crippen LogP contribution is 2.09. The summed E-state index contributed by atoms with van der Waals surface area (Å²) in [5, 5.41) is 8.26. The smallest absolute Gasteiger partial charge is 0.126 e. The molecule has 0 aliphatic rings. The van der Waals surface area contributed by atoms with Crippen molar-refractivity contribution in [2.75, 3.05) is 6.61 Å². The minimum Gasteiger partial charge on any atom is -0.393 e. The van der Waals surface area contributed by atoms with E-state index >= 15 is 0 Å². The SMILES string of the molecule is CC[C@H](C)[C@@H](F)CO. The van der Waals surface area contributed by atoms with Crippen LogP contribution >= 0.6 is 0 Å². The second-order valence-corrected chi connectivity index (χ2v) is 2.08. The fourth-order valence-electron chi connectivity index (χ4n) is 0.436. The molecule has 0 aromatic carbocycles. The molecule has 0 rings (SSSR count). The molecule has 1 nitrogen and oxygen atoms in total. The van der Waals surface area contributed by atoms with Crippen LogP contribution in [0.4, 0.5) is 4.39 Å². The van der Waals surface area contributed by atoms with Gasteiger partial charge in [0.2, 0.25) is 0 Å². The highest BCUT2D eigenvalue weighted by atomic mass is 19.1. The van der Waals surface area contributed by atoms with E-state index in [9.17, 15) is 4.39 Å². The molecule has 0 aliphatic carbocycles. The zero-order valence-electron chi connectivity index (χ0n) is 5.39. The Bertz CT molecular complexity index is 48.5. The number of rotatable bonds is 3. The first-order valence-corrected chi connectivity index (χ1v) is 2.97. The fourth-order valence-corrected chi connectivity index (χ4v) is 0.436. The van der Waals surface area contributed by atoms with E-state index in [2.05, 4.69) is 0 Å². The van der Waals surface area contributed by atoms with Gasteiger partial charge in [-0.1, -0.05) is 20.3 Å². The van der Waals surface area contributed by atoms with Gasteiger partial charge in [0.1, 0.15) is 6.17 Å². The molecule has 2 heteroatoms. The highest BCUT2D eigenvalue weighted by Gasteiger charge is 2.11. The van der Waals surface area contributed by atoms with Crippen LogP contribution in [0.5, 0.6) is 0 Å². The molecule has 0 amide bonds. The van der Waals surface area contributed by atoms with Crippen molar-refractivity contribution in [3.05, 3.63) is 0 Å². The topological polar surface area (TPSA) is 20.2 Å². The number of hydrogen-bond donors (Lipinski definition) is 1. The first-order chi connectivity index (χ1) is 3.72. The third kappa shape index (κ3) is 2.26. The van der Waals surface area contributed by atoms with Crippen LogP contribution in [0.3, 0.4) is 0 Å². The molecule has 0 aromatic heterocycles. The van der Waals surface area contributed by atoms with E-state index in [1.54, 1.807) is 6.92 Å². The summed E-state index contributed by atoms with van der Waals surface area (Å²) in [6.07, 6.45) is -0.234. The van der Waals surface area contributed by atoms with E-state index in [1.807, 2.05) is 6.92 Å². The quantitative estimate of drug-likeness (QED) is 0.596. The average molecular weight is 120 g/mol. The zero-order valence-corrected chi connectivity index (χ0v) is 5.39. The second-order valence-electron chi connectivity index (χ2n) is 2.08. The highest BCUT2D eigenvalue weighted by molar-refractivity contribution is 4.60. The van der Waals surface area contributed by atoms with E-state index in [4.69, 9.17) is 5.11 Å². The van der Waals surface area contributed by atoms with Gasteiger partial charge in [0.25, 0.3) is 0 Å². The maximum absolute atomic E-state index is 12.3. The molecule has 0 heterocycles. The van der Waals surface area contributed by atoms with Crippen molar-refractivity contribution >= 4 is 0 Å². The molecule has 2 atom stereocenters. The second kappa shape index (κ2) is 3.84. The monoisotopic (exact) mass is 120 g/mol. The Hall–Kier alpha value is -0.110. The van der Waals surface area contributed by atoms with Gasteiger partial charge in [-0.3, -0.25) is 0 Å². The maximum atomic E-state index is 12.3. The molecule has 0 saturated heterocycles. The summed E-state index contributed by atoms with van der Waals surface area (Å²) < 4.78 is 12.3. The van der Waals surface area contributed by atoms with Gasteiger partial charge in [0, 0.05) is 0 Å². The minimum absolute atomic E-state index is 0.000000000000000444. The Balaban J connectivity index is 3.29. The lowest BCUT2D eigenvalue weighted by Crippen LogP contribution is -2.15. The summed E-state index contributed by atoms with van der Waals surface area (Å²) >= 11 is 0. The number of aliphatic hydroxyl groups excluding tert-OH is 1. The van der Waals surface area contributed by atoms with E-state index in [1.165, 1.54) is 0 Å². The molecule has 0 bridgehead atoms. The summed E-state index contributed by atoms with van der Waals surface area (Å²) in [6, 6.07) is 0. The molecule has 0 unspecified atom stereocenters. The minimum atomic E-state index is -1.03. The van der Waals surface area contributed by atoms with E-state index in [-0.39, 0.29) is 12.5 Å². The maximum Gasteiger partial charge on any atom is 0.126 e. The van der Waals surface area contributed by atoms with Gasteiger partial charge in [0.15, 0.2) is 0 Å². The zero-order chi connectivity index (χ0) is 6.57. The van der Waals surface area contributed by atoms with Crippen molar-refractivity contribution < 1.29 is 9.50 Å². The van der Waals surface area contributed by atoms with Gasteiger partial charge in [-0.25, -0.2) is 4.39 Å². The predicted octanol–water partition coefficient (Wildman–Crippen LogP) is 1.36. The summed E-state index contributed by atoms with van der Waals surface area (Å²) in [6.45, 7) is 3.36. The predicted molar refractivity (Wildman–Crippen MR) is 31.4 cm³/mol. The number of alkyl halides is 1. The molecule has 50 valence electrons. The Morgan fingerprint density at radius 1 is 1.62 bits per heavy atom. The molecule has 0 aliphatic heterocycles. The largest absolute Gasteiger partial charge is 0.393 e. The van der Waals surface area contributed by atoms with E-state index in [0.717, 1.165) is 6.42 Å². The van der Waals surface area contributed by atoms with Crippen LogP contribution < -0.4 is 0 Å². The summed E-state index contributed by atoms with van der Waals surface area (Å²) in [5.74, 6) is -0.000000000000000444. The molecule has 0 fully saturated rings. The van der Waals surface area contributed by atoms with Crippen LogP contribution in [0.2, 0.25) is 0 Å². The van der Waals surface area contributed by atoms with Gasteiger partial charge >= 0.3 is 0 Å². The molecule has 0 radical (unpaired) electrons. The van der Waals surface area contributed by atoms with Gasteiger partial charge in [-0.2, -0.15) is 0 Å². The number of hydrogen-bond acceptors (Lipinski definition) is 1. The number of aliphatic hydroxyl groups is 1. The van der Waals surface area contributed by atoms with Gasteiger partial charge in [-0.15, -0.1) is 0 Å². The van der Waals surface area contributed by atoms with Crippen LogP contribution in [0, 0.1) is 5.92 Å². The molecule has 8 heavy (non-hydrogen) atoms. The lowest BCUT2D eigenvalue weighted by molar-refractivity contribution is 0.131. The van der Waals surface area contributed by atoms with Crippen LogP contribution in [0.25, 0.3) is 0 Å². The van der Waals surface area contributed by atoms with Gasteiger partial charge < -0.3 is 5.11 Å². The molecule has 0 aromatic rings. The Morgan fingerprint density at radius 2 is 2.12 bits per heavy atom. The summed E-state index contributed by atoms with van der Waals surface area (Å²) in [7, 11) is 0. The van der Waals surface area contributed by atoms with E-state index < -0.39 is 6.17 Å². The molecular weight excluding hydrogens is 107 g/mol. The van der Waals surface area contributed by atoms with Gasteiger partial charge in [-0.05, 0) is 5.92 Å². The molecule has 0 saturated carbocycles. The lowest BCUT2D eigenvalue weighted by atomic mass is 10.0. The van der Waals surface area contributed by atoms with Crippen molar-refractivity contribution in [1.29, 1.82) is 0 Å². The first kappa shape index (κ1) is 7.89. The third-order valence-electron chi connectivity index (χ3n) is 1.44. The van der Waals surface area contributed by atoms with Gasteiger partial charge in [0.05, 0.1) is 6.61 Å².